The maximum absolute atomic E-state index is 11.8. The van der Waals surface area contributed by atoms with Crippen molar-refractivity contribution in [3.63, 3.8) is 0 Å². The van der Waals surface area contributed by atoms with Crippen LogP contribution in [0.5, 0.6) is 0 Å². The molecule has 0 aliphatic rings. The van der Waals surface area contributed by atoms with Crippen LogP contribution in [0.2, 0.25) is 0 Å². The largest absolute Gasteiger partial charge is 0.350 e. The number of nitrogens with zero attached hydrogens (tertiary/aromatic N) is 2. The fraction of sp³-hybridized carbons (Fsp3) is 0.545. The van der Waals surface area contributed by atoms with Gasteiger partial charge in [-0.2, -0.15) is 0 Å². The average molecular weight is 302 g/mol. The summed E-state index contributed by atoms with van der Waals surface area (Å²) in [5.74, 6) is -0.211. The predicted molar refractivity (Wildman–Crippen MR) is 68.8 cm³/mol. The molecule has 94 valence electrons. The van der Waals surface area contributed by atoms with E-state index in [4.69, 9.17) is 0 Å². The Hall–Kier alpha value is -1.17. The van der Waals surface area contributed by atoms with Gasteiger partial charge in [-0.15, -0.1) is 0 Å². The van der Waals surface area contributed by atoms with Gasteiger partial charge in [0, 0.05) is 5.54 Å². The molecular weight excluding hydrogens is 286 g/mol. The van der Waals surface area contributed by atoms with Crippen molar-refractivity contribution >= 4 is 21.8 Å². The quantitative estimate of drug-likeness (QED) is 0.893. The highest BCUT2D eigenvalue weighted by molar-refractivity contribution is 9.10. The minimum Gasteiger partial charge on any atom is -0.350 e. The van der Waals surface area contributed by atoms with E-state index in [0.717, 1.165) is 0 Å². The van der Waals surface area contributed by atoms with Gasteiger partial charge in [0.1, 0.15) is 11.0 Å². The molecule has 0 spiro atoms. The lowest BCUT2D eigenvalue weighted by molar-refractivity contribution is -0.123. The third-order valence-electron chi connectivity index (χ3n) is 1.99. The topological polar surface area (TPSA) is 64.0 Å². The molecule has 0 aliphatic heterocycles. The van der Waals surface area contributed by atoms with Crippen LogP contribution in [-0.4, -0.2) is 21.0 Å². The summed E-state index contributed by atoms with van der Waals surface area (Å²) < 4.78 is 1.67. The third-order valence-corrected chi connectivity index (χ3v) is 2.90. The van der Waals surface area contributed by atoms with Crippen LogP contribution in [-0.2, 0) is 11.3 Å². The molecule has 17 heavy (non-hydrogen) atoms. The first-order chi connectivity index (χ1) is 7.70. The summed E-state index contributed by atoms with van der Waals surface area (Å²) in [6.45, 7) is 7.36. The monoisotopic (exact) mass is 301 g/mol. The van der Waals surface area contributed by atoms with Gasteiger partial charge in [0.25, 0.3) is 5.56 Å². The van der Waals surface area contributed by atoms with Gasteiger partial charge in [0.2, 0.25) is 5.91 Å². The highest BCUT2D eigenvalue weighted by Gasteiger charge is 2.15. The molecule has 1 aromatic rings. The van der Waals surface area contributed by atoms with Gasteiger partial charge >= 0.3 is 0 Å². The Balaban J connectivity index is 2.87. The van der Waals surface area contributed by atoms with E-state index in [0.29, 0.717) is 10.2 Å². The van der Waals surface area contributed by atoms with Crippen molar-refractivity contribution in [2.75, 3.05) is 0 Å². The second kappa shape index (κ2) is 5.00. The molecule has 1 rings (SSSR count). The van der Waals surface area contributed by atoms with Crippen molar-refractivity contribution in [3.05, 3.63) is 26.8 Å². The van der Waals surface area contributed by atoms with Gasteiger partial charge < -0.3 is 5.32 Å². The van der Waals surface area contributed by atoms with Gasteiger partial charge in [-0.1, -0.05) is 0 Å². The summed E-state index contributed by atoms with van der Waals surface area (Å²) in [7, 11) is 0. The molecule has 0 unspecified atom stereocenters. The van der Waals surface area contributed by atoms with Crippen molar-refractivity contribution in [1.82, 2.24) is 14.9 Å². The zero-order chi connectivity index (χ0) is 13.2. The zero-order valence-corrected chi connectivity index (χ0v) is 12.0. The normalized spacial score (nSPS) is 11.4. The van der Waals surface area contributed by atoms with Crippen LogP contribution in [0.3, 0.4) is 0 Å². The number of nitrogens with one attached hydrogen (secondary N) is 1. The van der Waals surface area contributed by atoms with Gasteiger partial charge in [-0.25, -0.2) is 4.98 Å². The van der Waals surface area contributed by atoms with E-state index in [1.807, 2.05) is 20.8 Å². The molecular formula is C11H16BrN3O2. The van der Waals surface area contributed by atoms with Crippen molar-refractivity contribution in [1.29, 1.82) is 0 Å². The number of hydrogen-bond acceptors (Lipinski definition) is 3. The van der Waals surface area contributed by atoms with E-state index in [9.17, 15) is 9.59 Å². The van der Waals surface area contributed by atoms with E-state index < -0.39 is 0 Å². The standard InChI is InChI=1S/C11H16BrN3O2/c1-7-9(12)10(17)15(6-13-7)5-8(16)14-11(2,3)4/h6H,5H2,1-4H3,(H,14,16). The van der Waals surface area contributed by atoms with Crippen LogP contribution in [0, 0.1) is 6.92 Å². The van der Waals surface area contributed by atoms with E-state index in [-0.39, 0.29) is 23.6 Å². The lowest BCUT2D eigenvalue weighted by Crippen LogP contribution is -2.43. The highest BCUT2D eigenvalue weighted by Crippen LogP contribution is 2.06. The third kappa shape index (κ3) is 3.96. The molecule has 0 atom stereocenters. The number of aryl methyl sites for hydroxylation is 1. The van der Waals surface area contributed by atoms with Crippen LogP contribution in [0.1, 0.15) is 26.5 Å². The molecule has 0 aromatic carbocycles. The molecule has 1 aromatic heterocycles. The lowest BCUT2D eigenvalue weighted by atomic mass is 10.1. The maximum atomic E-state index is 11.8. The lowest BCUT2D eigenvalue weighted by Gasteiger charge is -2.20. The summed E-state index contributed by atoms with van der Waals surface area (Å²) >= 11 is 3.15. The van der Waals surface area contributed by atoms with Crippen molar-refractivity contribution in [2.45, 2.75) is 39.8 Å². The Labute approximate surface area is 108 Å². The molecule has 1 amide bonds. The minimum absolute atomic E-state index is 0.0258. The van der Waals surface area contributed by atoms with Crippen LogP contribution in [0.15, 0.2) is 15.6 Å². The van der Waals surface area contributed by atoms with E-state index in [1.165, 1.54) is 10.9 Å². The second-order valence-corrected chi connectivity index (χ2v) is 5.67. The summed E-state index contributed by atoms with van der Waals surface area (Å²) in [6, 6.07) is 0. The van der Waals surface area contributed by atoms with Gasteiger partial charge in [0.05, 0.1) is 12.0 Å². The van der Waals surface area contributed by atoms with Crippen LogP contribution in [0.4, 0.5) is 0 Å². The number of halogens is 1. The minimum atomic E-state index is -0.309. The van der Waals surface area contributed by atoms with Crippen molar-refractivity contribution in [2.24, 2.45) is 0 Å². The van der Waals surface area contributed by atoms with Crippen LogP contribution >= 0.6 is 15.9 Å². The van der Waals surface area contributed by atoms with E-state index in [1.54, 1.807) is 6.92 Å². The van der Waals surface area contributed by atoms with Crippen molar-refractivity contribution in [3.8, 4) is 0 Å². The number of amides is 1. The Morgan fingerprint density at radius 1 is 1.53 bits per heavy atom. The molecule has 0 radical (unpaired) electrons. The van der Waals surface area contributed by atoms with Crippen LogP contribution < -0.4 is 10.9 Å². The van der Waals surface area contributed by atoms with E-state index >= 15 is 0 Å². The van der Waals surface area contributed by atoms with Crippen molar-refractivity contribution < 1.29 is 4.79 Å². The number of carbonyl (C=O) groups excluding carboxylic acids is 1. The molecule has 5 nitrogen and oxygen atoms in total. The molecule has 0 aliphatic carbocycles. The predicted octanol–water partition coefficient (Wildman–Crippen LogP) is 1.23. The molecule has 1 N–H and O–H groups in total. The SMILES string of the molecule is Cc1ncn(CC(=O)NC(C)(C)C)c(=O)c1Br. The average Bonchev–Trinajstić information content (AvgIpc) is 2.16. The molecule has 0 saturated carbocycles. The highest BCUT2D eigenvalue weighted by atomic mass is 79.9. The Kier molecular flexibility index (Phi) is 4.08. The number of aromatic nitrogens is 2. The van der Waals surface area contributed by atoms with Gasteiger partial charge in [-0.05, 0) is 43.6 Å². The van der Waals surface area contributed by atoms with E-state index in [2.05, 4.69) is 26.2 Å². The molecule has 1 heterocycles. The van der Waals surface area contributed by atoms with Gasteiger partial charge in [0.15, 0.2) is 0 Å². The second-order valence-electron chi connectivity index (χ2n) is 4.88. The first kappa shape index (κ1) is 13.9. The van der Waals surface area contributed by atoms with Gasteiger partial charge in [-0.3, -0.25) is 14.2 Å². The zero-order valence-electron chi connectivity index (χ0n) is 10.4. The summed E-state index contributed by atoms with van der Waals surface area (Å²) in [4.78, 5) is 27.5. The Bertz CT molecular complexity index is 488. The summed E-state index contributed by atoms with van der Waals surface area (Å²) in [5.41, 5.74) is 0.0554. The number of carbonyl (C=O) groups is 1. The fourth-order valence-electron chi connectivity index (χ4n) is 1.27. The first-order valence-corrected chi connectivity index (χ1v) is 6.02. The summed E-state index contributed by atoms with van der Waals surface area (Å²) in [5, 5.41) is 2.79. The Morgan fingerprint density at radius 2 is 2.12 bits per heavy atom. The summed E-state index contributed by atoms with van der Waals surface area (Å²) in [6.07, 6.45) is 1.38. The maximum Gasteiger partial charge on any atom is 0.268 e. The molecule has 6 heteroatoms. The smallest absolute Gasteiger partial charge is 0.268 e. The molecule has 0 bridgehead atoms. The molecule has 0 fully saturated rings. The van der Waals surface area contributed by atoms with Crippen LogP contribution in [0.25, 0.3) is 0 Å². The fourth-order valence-corrected chi connectivity index (χ4v) is 1.60. The number of rotatable bonds is 2. The Morgan fingerprint density at radius 3 is 2.65 bits per heavy atom. The number of hydrogen-bond donors (Lipinski definition) is 1. The first-order valence-electron chi connectivity index (χ1n) is 5.23. The molecule has 0 saturated heterocycles.